The van der Waals surface area contributed by atoms with Crippen molar-refractivity contribution in [3.05, 3.63) is 35.5 Å². The molecule has 2 rings (SSSR count). The molecule has 0 fully saturated rings. The first-order valence-electron chi connectivity index (χ1n) is 4.14. The van der Waals surface area contributed by atoms with Gasteiger partial charge in [0.25, 0.3) is 0 Å². The predicted octanol–water partition coefficient (Wildman–Crippen LogP) is 2.88. The van der Waals surface area contributed by atoms with Crippen molar-refractivity contribution in [3.8, 4) is 17.0 Å². The second-order valence-corrected chi connectivity index (χ2v) is 3.36. The summed E-state index contributed by atoms with van der Waals surface area (Å²) in [6.07, 6.45) is 1.64. The maximum atomic E-state index is 11.6. The van der Waals surface area contributed by atoms with E-state index in [2.05, 4.69) is 5.10 Å². The summed E-state index contributed by atoms with van der Waals surface area (Å²) in [5.74, 6) is -0.0823. The lowest BCUT2D eigenvalue weighted by molar-refractivity contribution is 0.356. The highest BCUT2D eigenvalue weighted by Crippen LogP contribution is 2.35. The SMILES string of the molecule is Cn1nccc1-c1c([O])cccc1Cl. The molecule has 0 amide bonds. The van der Waals surface area contributed by atoms with Gasteiger partial charge < -0.3 is 0 Å². The fourth-order valence-electron chi connectivity index (χ4n) is 1.37. The standard InChI is InChI=1S/C10H8ClN2O/c1-13-8(5-6-12-13)10-7(11)3-2-4-9(10)14/h2-6H,1H3. The summed E-state index contributed by atoms with van der Waals surface area (Å²) in [5.41, 5.74) is 1.25. The molecule has 71 valence electrons. The summed E-state index contributed by atoms with van der Waals surface area (Å²) in [5, 5.41) is 16.0. The number of hydrogen-bond donors (Lipinski definition) is 0. The minimum Gasteiger partial charge on any atom is -0.289 e. The van der Waals surface area contributed by atoms with E-state index in [0.717, 1.165) is 5.69 Å². The molecule has 0 saturated heterocycles. The van der Waals surface area contributed by atoms with Gasteiger partial charge in [-0.05, 0) is 18.2 Å². The molecule has 3 nitrogen and oxygen atoms in total. The van der Waals surface area contributed by atoms with Crippen LogP contribution in [0.1, 0.15) is 0 Å². The molecule has 1 aromatic carbocycles. The van der Waals surface area contributed by atoms with Crippen molar-refractivity contribution >= 4 is 11.6 Å². The van der Waals surface area contributed by atoms with Gasteiger partial charge in [-0.3, -0.25) is 9.79 Å². The Bertz CT molecular complexity index is 445. The third kappa shape index (κ3) is 1.36. The molecular weight excluding hydrogens is 200 g/mol. The van der Waals surface area contributed by atoms with Gasteiger partial charge in [-0.2, -0.15) is 5.10 Å². The van der Waals surface area contributed by atoms with Crippen LogP contribution in [-0.2, 0) is 12.2 Å². The third-order valence-electron chi connectivity index (χ3n) is 2.05. The van der Waals surface area contributed by atoms with Gasteiger partial charge in [0.15, 0.2) is 5.75 Å². The molecule has 0 N–H and O–H groups in total. The molecule has 14 heavy (non-hydrogen) atoms. The summed E-state index contributed by atoms with van der Waals surface area (Å²) >= 11 is 5.95. The molecule has 1 radical (unpaired) electrons. The van der Waals surface area contributed by atoms with Gasteiger partial charge >= 0.3 is 0 Å². The quantitative estimate of drug-likeness (QED) is 0.709. The maximum Gasteiger partial charge on any atom is 0.189 e. The van der Waals surface area contributed by atoms with E-state index in [-0.39, 0.29) is 5.75 Å². The Labute approximate surface area is 86.6 Å². The van der Waals surface area contributed by atoms with Crippen molar-refractivity contribution in [1.29, 1.82) is 0 Å². The van der Waals surface area contributed by atoms with Crippen molar-refractivity contribution in [2.24, 2.45) is 7.05 Å². The summed E-state index contributed by atoms with van der Waals surface area (Å²) < 4.78 is 1.63. The van der Waals surface area contributed by atoms with Crippen LogP contribution in [0.2, 0.25) is 5.02 Å². The van der Waals surface area contributed by atoms with Crippen LogP contribution >= 0.6 is 11.6 Å². The van der Waals surface area contributed by atoms with Gasteiger partial charge in [0.1, 0.15) is 0 Å². The topological polar surface area (TPSA) is 37.7 Å². The zero-order chi connectivity index (χ0) is 10.1. The van der Waals surface area contributed by atoms with Gasteiger partial charge in [-0.15, -0.1) is 0 Å². The van der Waals surface area contributed by atoms with E-state index in [1.54, 1.807) is 36.1 Å². The number of hydrogen-bond acceptors (Lipinski definition) is 1. The van der Waals surface area contributed by atoms with Crippen molar-refractivity contribution in [2.75, 3.05) is 0 Å². The zero-order valence-corrected chi connectivity index (χ0v) is 8.32. The second-order valence-electron chi connectivity index (χ2n) is 2.95. The van der Waals surface area contributed by atoms with E-state index in [0.29, 0.717) is 10.6 Å². The second kappa shape index (κ2) is 3.35. The zero-order valence-electron chi connectivity index (χ0n) is 7.57. The number of halogens is 1. The Morgan fingerprint density at radius 3 is 2.71 bits per heavy atom. The molecular formula is C10H8ClN2O. The number of aromatic nitrogens is 2. The van der Waals surface area contributed by atoms with E-state index >= 15 is 0 Å². The predicted molar refractivity (Wildman–Crippen MR) is 53.8 cm³/mol. The lowest BCUT2D eigenvalue weighted by atomic mass is 10.1. The molecule has 0 aliphatic rings. The molecule has 0 bridgehead atoms. The van der Waals surface area contributed by atoms with Crippen LogP contribution in [0.25, 0.3) is 11.3 Å². The molecule has 0 aliphatic heterocycles. The van der Waals surface area contributed by atoms with Crippen LogP contribution in [0.5, 0.6) is 5.75 Å². The Morgan fingerprint density at radius 1 is 1.36 bits per heavy atom. The maximum absolute atomic E-state index is 11.6. The van der Waals surface area contributed by atoms with Crippen LogP contribution in [0.3, 0.4) is 0 Å². The fourth-order valence-corrected chi connectivity index (χ4v) is 1.63. The number of benzene rings is 1. The first kappa shape index (κ1) is 9.09. The molecule has 1 aromatic heterocycles. The van der Waals surface area contributed by atoms with E-state index in [4.69, 9.17) is 11.6 Å². The van der Waals surface area contributed by atoms with Crippen LogP contribution in [-0.4, -0.2) is 9.78 Å². The van der Waals surface area contributed by atoms with Crippen molar-refractivity contribution in [3.63, 3.8) is 0 Å². The first-order valence-corrected chi connectivity index (χ1v) is 4.52. The monoisotopic (exact) mass is 207 g/mol. The van der Waals surface area contributed by atoms with Gasteiger partial charge in [0, 0.05) is 13.2 Å². The highest BCUT2D eigenvalue weighted by molar-refractivity contribution is 6.33. The highest BCUT2D eigenvalue weighted by Gasteiger charge is 2.12. The lowest BCUT2D eigenvalue weighted by Crippen LogP contribution is -1.93. The fraction of sp³-hybridized carbons (Fsp3) is 0.100. The minimum atomic E-state index is -0.0823. The smallest absolute Gasteiger partial charge is 0.189 e. The van der Waals surface area contributed by atoms with E-state index in [9.17, 15) is 5.11 Å². The molecule has 2 aromatic rings. The van der Waals surface area contributed by atoms with Gasteiger partial charge in [0.2, 0.25) is 0 Å². The van der Waals surface area contributed by atoms with E-state index < -0.39 is 0 Å². The minimum absolute atomic E-state index is 0.0823. The lowest BCUT2D eigenvalue weighted by Gasteiger charge is -2.04. The molecule has 0 saturated carbocycles. The van der Waals surface area contributed by atoms with Gasteiger partial charge in [0.05, 0.1) is 16.3 Å². The molecule has 0 aliphatic carbocycles. The van der Waals surface area contributed by atoms with Gasteiger partial charge in [-0.1, -0.05) is 17.7 Å². The Hall–Kier alpha value is -1.48. The Kier molecular flexibility index (Phi) is 2.17. The average Bonchev–Trinajstić information content (AvgIpc) is 2.52. The molecule has 0 atom stereocenters. The Morgan fingerprint density at radius 2 is 2.14 bits per heavy atom. The van der Waals surface area contributed by atoms with Gasteiger partial charge in [-0.25, -0.2) is 0 Å². The molecule has 4 heteroatoms. The van der Waals surface area contributed by atoms with Crippen molar-refractivity contribution < 1.29 is 5.11 Å². The summed E-state index contributed by atoms with van der Waals surface area (Å²) in [4.78, 5) is 0. The van der Waals surface area contributed by atoms with E-state index in [1.807, 2.05) is 0 Å². The first-order chi connectivity index (χ1) is 6.70. The normalized spacial score (nSPS) is 10.4. The molecule has 0 unspecified atom stereocenters. The van der Waals surface area contributed by atoms with Crippen molar-refractivity contribution in [1.82, 2.24) is 9.78 Å². The van der Waals surface area contributed by atoms with Crippen LogP contribution in [0.15, 0.2) is 30.5 Å². The molecule has 1 heterocycles. The third-order valence-corrected chi connectivity index (χ3v) is 2.37. The number of nitrogens with zero attached hydrogens (tertiary/aromatic N) is 2. The van der Waals surface area contributed by atoms with Crippen molar-refractivity contribution in [2.45, 2.75) is 0 Å². The number of aryl methyl sites for hydroxylation is 1. The van der Waals surface area contributed by atoms with Crippen LogP contribution < -0.4 is 0 Å². The summed E-state index contributed by atoms with van der Waals surface area (Å²) in [7, 11) is 1.78. The number of rotatable bonds is 1. The molecule has 0 spiro atoms. The average molecular weight is 208 g/mol. The highest BCUT2D eigenvalue weighted by atomic mass is 35.5. The largest absolute Gasteiger partial charge is 0.289 e. The Balaban J connectivity index is 2.68. The summed E-state index contributed by atoms with van der Waals surface area (Å²) in [6.45, 7) is 0. The summed E-state index contributed by atoms with van der Waals surface area (Å²) in [6, 6.07) is 6.60. The van der Waals surface area contributed by atoms with Crippen LogP contribution in [0, 0.1) is 0 Å². The van der Waals surface area contributed by atoms with E-state index in [1.165, 1.54) is 6.07 Å². The van der Waals surface area contributed by atoms with Crippen LogP contribution in [0.4, 0.5) is 0 Å².